The average molecular weight is 782 g/mol. The predicted molar refractivity (Wildman–Crippen MR) is 255 cm³/mol. The third kappa shape index (κ3) is 5.43. The molecule has 61 heavy (non-hydrogen) atoms. The minimum atomic E-state index is -0.655. The highest BCUT2D eigenvalue weighted by molar-refractivity contribution is 6.01. The van der Waals surface area contributed by atoms with E-state index in [4.69, 9.17) is 6.85 Å². The summed E-state index contributed by atoms with van der Waals surface area (Å²) in [6.45, 7) is 0. The van der Waals surface area contributed by atoms with Crippen LogP contribution in [0.1, 0.15) is 29.1 Å². The SMILES string of the molecule is [2H]c1c([2H])c([2H])c(-c2ccc(N(c3ccc4c(c3)C3(c5ccccc5-c5ccc(N(c6ccccc6)c6ccccc6)cc53)c3ccccc3-4)c3cccc4ccccc34)cc2)c([2H])c1[2H]. The van der Waals surface area contributed by atoms with Gasteiger partial charge in [-0.15, -0.1) is 0 Å². The van der Waals surface area contributed by atoms with E-state index in [1.807, 2.05) is 24.3 Å². The number of hydrogen-bond donors (Lipinski definition) is 0. The fourth-order valence-corrected chi connectivity index (χ4v) is 10.00. The fourth-order valence-electron chi connectivity index (χ4n) is 10.00. The summed E-state index contributed by atoms with van der Waals surface area (Å²) in [5, 5.41) is 2.18. The molecule has 0 N–H and O–H groups in total. The molecule has 0 radical (unpaired) electrons. The van der Waals surface area contributed by atoms with Gasteiger partial charge in [0.1, 0.15) is 0 Å². The first-order valence-electron chi connectivity index (χ1n) is 23.2. The van der Waals surface area contributed by atoms with Crippen molar-refractivity contribution in [3.63, 3.8) is 0 Å². The molecule has 10 aromatic rings. The van der Waals surface area contributed by atoms with Crippen molar-refractivity contribution in [2.45, 2.75) is 5.41 Å². The van der Waals surface area contributed by atoms with Crippen molar-refractivity contribution in [1.82, 2.24) is 0 Å². The summed E-state index contributed by atoms with van der Waals surface area (Å²) in [5.74, 6) is 0. The van der Waals surface area contributed by atoms with Crippen molar-refractivity contribution in [3.8, 4) is 33.4 Å². The van der Waals surface area contributed by atoms with E-state index in [-0.39, 0.29) is 29.7 Å². The number of para-hydroxylation sites is 2. The highest BCUT2D eigenvalue weighted by atomic mass is 15.1. The molecule has 0 amide bonds. The Morgan fingerprint density at radius 2 is 0.803 bits per heavy atom. The van der Waals surface area contributed by atoms with E-state index < -0.39 is 11.5 Å². The van der Waals surface area contributed by atoms with E-state index in [0.717, 1.165) is 44.9 Å². The zero-order chi connectivity index (χ0) is 44.7. The van der Waals surface area contributed by atoms with E-state index in [1.54, 1.807) is 0 Å². The molecule has 2 aliphatic carbocycles. The van der Waals surface area contributed by atoms with Gasteiger partial charge in [0.15, 0.2) is 0 Å². The van der Waals surface area contributed by atoms with E-state index >= 15 is 0 Å². The van der Waals surface area contributed by atoms with Crippen LogP contribution in [0.3, 0.4) is 0 Å². The average Bonchev–Trinajstić information content (AvgIpc) is 3.83. The van der Waals surface area contributed by atoms with Crippen molar-refractivity contribution in [3.05, 3.63) is 265 Å². The van der Waals surface area contributed by atoms with Gasteiger partial charge in [-0.1, -0.05) is 176 Å². The fraction of sp³-hybridized carbons (Fsp3) is 0.0169. The van der Waals surface area contributed by atoms with E-state index in [2.05, 4.69) is 198 Å². The van der Waals surface area contributed by atoms with Gasteiger partial charge in [-0.3, -0.25) is 0 Å². The summed E-state index contributed by atoms with van der Waals surface area (Å²) >= 11 is 0. The summed E-state index contributed by atoms with van der Waals surface area (Å²) in [4.78, 5) is 4.63. The topological polar surface area (TPSA) is 6.48 Å². The van der Waals surface area contributed by atoms with Gasteiger partial charge in [-0.25, -0.2) is 0 Å². The molecule has 12 rings (SSSR count). The maximum absolute atomic E-state index is 8.72. The number of anilines is 6. The highest BCUT2D eigenvalue weighted by Crippen LogP contribution is 2.64. The molecule has 2 nitrogen and oxygen atoms in total. The maximum Gasteiger partial charge on any atom is 0.0727 e. The number of rotatable bonds is 7. The van der Waals surface area contributed by atoms with Crippen LogP contribution in [0.5, 0.6) is 0 Å². The second-order valence-electron chi connectivity index (χ2n) is 15.7. The first kappa shape index (κ1) is 30.2. The van der Waals surface area contributed by atoms with E-state index in [1.165, 1.54) is 44.5 Å². The Bertz CT molecular complexity index is 3470. The Morgan fingerprint density at radius 1 is 0.328 bits per heavy atom. The second-order valence-corrected chi connectivity index (χ2v) is 15.7. The quantitative estimate of drug-likeness (QED) is 0.159. The summed E-state index contributed by atoms with van der Waals surface area (Å²) < 4.78 is 42.3. The molecule has 2 heteroatoms. The zero-order valence-electron chi connectivity index (χ0n) is 38.1. The third-order valence-electron chi connectivity index (χ3n) is 12.5. The van der Waals surface area contributed by atoms with Gasteiger partial charge in [0.25, 0.3) is 0 Å². The van der Waals surface area contributed by atoms with Crippen molar-refractivity contribution in [2.24, 2.45) is 0 Å². The van der Waals surface area contributed by atoms with Crippen molar-refractivity contribution in [1.29, 1.82) is 0 Å². The summed E-state index contributed by atoms with van der Waals surface area (Å²) in [7, 11) is 0. The van der Waals surface area contributed by atoms with Crippen LogP contribution in [-0.4, -0.2) is 0 Å². The monoisotopic (exact) mass is 781 g/mol. The highest BCUT2D eigenvalue weighted by Gasteiger charge is 2.52. The van der Waals surface area contributed by atoms with Gasteiger partial charge < -0.3 is 9.80 Å². The van der Waals surface area contributed by atoms with Gasteiger partial charge in [0, 0.05) is 33.8 Å². The lowest BCUT2D eigenvalue weighted by atomic mass is 9.70. The standard InChI is InChI=1S/C59H40N2/c1-4-17-41(18-5-1)42-31-33-46(34-32-42)61(58-30-16-20-43-19-10-11-25-49(43)58)48-36-38-53-51-27-13-15-29-55(51)59(57(53)40-48)54-28-14-12-26-50(54)52-37-35-47(39-56(52)59)60(44-21-6-2-7-22-44)45-23-8-3-9-24-45/h1-40H/i1D,4D,5D,17D,18D. The van der Waals surface area contributed by atoms with Crippen LogP contribution in [0.4, 0.5) is 34.1 Å². The predicted octanol–water partition coefficient (Wildman–Crippen LogP) is 15.8. The normalized spacial score (nSPS) is 15.4. The molecule has 0 saturated heterocycles. The molecule has 2 aliphatic rings. The van der Waals surface area contributed by atoms with E-state index in [0.29, 0.717) is 5.56 Å². The second kappa shape index (κ2) is 14.1. The van der Waals surface area contributed by atoms with Gasteiger partial charge >= 0.3 is 0 Å². The Balaban J connectivity index is 1.10. The molecule has 0 fully saturated rings. The van der Waals surface area contributed by atoms with Crippen LogP contribution >= 0.6 is 0 Å². The minimum absolute atomic E-state index is 0.178. The summed E-state index contributed by atoms with van der Waals surface area (Å²) in [5.41, 5.74) is 15.8. The van der Waals surface area contributed by atoms with Gasteiger partial charge in [-0.2, -0.15) is 0 Å². The number of hydrogen-bond acceptors (Lipinski definition) is 2. The number of benzene rings is 10. The maximum atomic E-state index is 8.72. The Kier molecular flexibility index (Phi) is 6.98. The molecular weight excluding hydrogens is 737 g/mol. The zero-order valence-corrected chi connectivity index (χ0v) is 33.1. The van der Waals surface area contributed by atoms with E-state index in [9.17, 15) is 0 Å². The first-order valence-corrected chi connectivity index (χ1v) is 20.7. The van der Waals surface area contributed by atoms with Gasteiger partial charge in [0.2, 0.25) is 0 Å². The molecule has 1 atom stereocenters. The van der Waals surface area contributed by atoms with Gasteiger partial charge in [0.05, 0.1) is 18.0 Å². The van der Waals surface area contributed by atoms with Crippen molar-refractivity contribution in [2.75, 3.05) is 9.80 Å². The molecule has 1 unspecified atom stereocenters. The lowest BCUT2D eigenvalue weighted by molar-refractivity contribution is 0.793. The van der Waals surface area contributed by atoms with Crippen LogP contribution in [0, 0.1) is 0 Å². The Morgan fingerprint density at radius 3 is 1.43 bits per heavy atom. The van der Waals surface area contributed by atoms with Gasteiger partial charge in [-0.05, 0) is 128 Å². The Hall–Kier alpha value is -7.94. The van der Waals surface area contributed by atoms with Crippen LogP contribution in [0.15, 0.2) is 243 Å². The molecule has 0 bridgehead atoms. The number of nitrogens with zero attached hydrogens (tertiary/aromatic N) is 2. The van der Waals surface area contributed by atoms with Crippen LogP contribution in [0.25, 0.3) is 44.2 Å². The minimum Gasteiger partial charge on any atom is -0.310 e. The molecule has 0 aliphatic heterocycles. The molecule has 1 spiro atoms. The summed E-state index contributed by atoms with van der Waals surface area (Å²) in [6.07, 6.45) is 0. The molecule has 10 aromatic carbocycles. The van der Waals surface area contributed by atoms with Crippen molar-refractivity contribution < 1.29 is 6.85 Å². The summed E-state index contributed by atoms with van der Waals surface area (Å²) in [6, 6.07) is 73.6. The smallest absolute Gasteiger partial charge is 0.0727 e. The molecule has 286 valence electrons. The van der Waals surface area contributed by atoms with Crippen LogP contribution in [0.2, 0.25) is 0 Å². The molecule has 0 heterocycles. The largest absolute Gasteiger partial charge is 0.310 e. The van der Waals surface area contributed by atoms with Crippen LogP contribution in [-0.2, 0) is 5.41 Å². The molecule has 0 saturated carbocycles. The van der Waals surface area contributed by atoms with Crippen LogP contribution < -0.4 is 9.80 Å². The molecule has 0 aromatic heterocycles. The Labute approximate surface area is 363 Å². The lowest BCUT2D eigenvalue weighted by Crippen LogP contribution is -2.26. The molecular formula is C59H40N2. The number of fused-ring (bicyclic) bond motifs is 11. The third-order valence-corrected chi connectivity index (χ3v) is 12.5. The first-order chi connectivity index (χ1) is 32.3. The van der Waals surface area contributed by atoms with Crippen molar-refractivity contribution >= 4 is 44.9 Å². The lowest BCUT2D eigenvalue weighted by Gasteiger charge is -2.33.